The number of unbranched alkanes of at least 4 members (excludes halogenated alkanes) is 4. The van der Waals surface area contributed by atoms with Crippen LogP contribution in [0.5, 0.6) is 0 Å². The summed E-state index contributed by atoms with van der Waals surface area (Å²) in [4.78, 5) is 22.3. The molecule has 15 heavy (non-hydrogen) atoms. The van der Waals surface area contributed by atoms with Crippen LogP contribution < -0.4 is 0 Å². The van der Waals surface area contributed by atoms with Gasteiger partial charge >= 0.3 is 5.97 Å². The summed E-state index contributed by atoms with van der Waals surface area (Å²) in [5.74, 6) is -1.58. The number of hydrogen-bond donors (Lipinski definition) is 1. The molecule has 0 aliphatic rings. The maximum Gasteiger partial charge on any atom is 0.348 e. The van der Waals surface area contributed by atoms with Gasteiger partial charge in [0.25, 0.3) is 5.97 Å². The third-order valence-corrected chi connectivity index (χ3v) is 1.57. The molecule has 0 radical (unpaired) electrons. The average molecular weight is 222 g/mol. The first-order valence-corrected chi connectivity index (χ1v) is 5.05. The fourth-order valence-corrected chi connectivity index (χ4v) is 0.911. The third-order valence-electron chi connectivity index (χ3n) is 1.57. The molecule has 4 nitrogen and oxygen atoms in total. The summed E-state index contributed by atoms with van der Waals surface area (Å²) >= 11 is 0. The van der Waals surface area contributed by atoms with Crippen molar-refractivity contribution in [3.63, 3.8) is 0 Å². The van der Waals surface area contributed by atoms with E-state index in [0.29, 0.717) is 0 Å². The van der Waals surface area contributed by atoms with E-state index in [4.69, 9.17) is 9.90 Å². The predicted octanol–water partition coefficient (Wildman–Crippen LogP) is 2.87. The smallest absolute Gasteiger partial charge is 0.348 e. The van der Waals surface area contributed by atoms with Gasteiger partial charge in [0.1, 0.15) is 0 Å². The number of halogens is 1. The number of carboxylic acids is 1. The molecule has 0 fully saturated rings. The Morgan fingerprint density at radius 3 is 2.07 bits per heavy atom. The molecule has 0 saturated heterocycles. The molecule has 0 rings (SSSR count). The Bertz CT molecular complexity index is 167. The van der Waals surface area contributed by atoms with Gasteiger partial charge in [-0.1, -0.05) is 32.6 Å². The first-order chi connectivity index (χ1) is 7.04. The van der Waals surface area contributed by atoms with E-state index in [0.717, 1.165) is 26.2 Å². The van der Waals surface area contributed by atoms with E-state index in [9.17, 15) is 9.32 Å². The van der Waals surface area contributed by atoms with Crippen LogP contribution in [0.3, 0.4) is 0 Å². The third kappa shape index (κ3) is 24.6. The van der Waals surface area contributed by atoms with Crippen molar-refractivity contribution in [2.45, 2.75) is 52.4 Å². The summed E-state index contributed by atoms with van der Waals surface area (Å²) in [5.41, 5.74) is 0. The summed E-state index contributed by atoms with van der Waals surface area (Å²) in [6.45, 7) is 3.20. The molecular weight excluding hydrogens is 203 g/mol. The SMILES string of the molecule is CC(=O)O.CCCCCCCC(=O)OF. The van der Waals surface area contributed by atoms with Gasteiger partial charge in [0.05, 0.1) is 0 Å². The Balaban J connectivity index is 0. The summed E-state index contributed by atoms with van der Waals surface area (Å²) in [6.07, 6.45) is 5.42. The van der Waals surface area contributed by atoms with E-state index >= 15 is 0 Å². The van der Waals surface area contributed by atoms with Crippen LogP contribution in [0.4, 0.5) is 4.53 Å². The van der Waals surface area contributed by atoms with Gasteiger partial charge in [-0.15, -0.1) is 0 Å². The molecule has 0 aromatic carbocycles. The Hall–Kier alpha value is -1.13. The lowest BCUT2D eigenvalue weighted by Crippen LogP contribution is -1.96. The maximum atomic E-state index is 11.1. The zero-order valence-corrected chi connectivity index (χ0v) is 9.29. The minimum Gasteiger partial charge on any atom is -0.481 e. The predicted molar refractivity (Wildman–Crippen MR) is 53.9 cm³/mol. The molecule has 0 bridgehead atoms. The highest BCUT2D eigenvalue weighted by molar-refractivity contribution is 5.68. The van der Waals surface area contributed by atoms with Crippen molar-refractivity contribution in [3.8, 4) is 0 Å². The Morgan fingerprint density at radius 1 is 1.20 bits per heavy atom. The van der Waals surface area contributed by atoms with Crippen LogP contribution in [0, 0.1) is 0 Å². The number of aliphatic carboxylic acids is 1. The van der Waals surface area contributed by atoms with Crippen LogP contribution in [-0.2, 0) is 14.5 Å². The number of carbonyl (C=O) groups excluding carboxylic acids is 1. The second-order valence-electron chi connectivity index (χ2n) is 3.13. The van der Waals surface area contributed by atoms with Crippen molar-refractivity contribution in [3.05, 3.63) is 0 Å². The molecule has 90 valence electrons. The molecule has 5 heteroatoms. The molecule has 0 aliphatic heterocycles. The molecule has 0 unspecified atom stereocenters. The van der Waals surface area contributed by atoms with Gasteiger partial charge < -0.3 is 5.11 Å². The van der Waals surface area contributed by atoms with Gasteiger partial charge in [-0.25, -0.2) is 4.79 Å². The molecule has 0 aromatic rings. The standard InChI is InChI=1S/C8H15FO2.C2H4O2/c1-2-3-4-5-6-7-8(10)11-9;1-2(3)4/h2-7H2,1H3;1H3,(H,3,4). The van der Waals surface area contributed by atoms with Crippen LogP contribution in [0.1, 0.15) is 52.4 Å². The molecule has 0 aliphatic carbocycles. The van der Waals surface area contributed by atoms with Crippen LogP contribution in [0.15, 0.2) is 0 Å². The first kappa shape index (κ1) is 16.3. The van der Waals surface area contributed by atoms with E-state index in [1.54, 1.807) is 0 Å². The van der Waals surface area contributed by atoms with Gasteiger partial charge in [0, 0.05) is 17.9 Å². The fraction of sp³-hybridized carbons (Fsp3) is 0.800. The van der Waals surface area contributed by atoms with E-state index in [-0.39, 0.29) is 6.42 Å². The van der Waals surface area contributed by atoms with E-state index in [2.05, 4.69) is 11.9 Å². The van der Waals surface area contributed by atoms with Crippen molar-refractivity contribution in [2.75, 3.05) is 0 Å². The number of carbonyl (C=O) groups is 2. The monoisotopic (exact) mass is 222 g/mol. The van der Waals surface area contributed by atoms with Gasteiger partial charge in [0.15, 0.2) is 0 Å². The van der Waals surface area contributed by atoms with Crippen molar-refractivity contribution in [2.24, 2.45) is 0 Å². The van der Waals surface area contributed by atoms with Crippen LogP contribution in [-0.4, -0.2) is 17.0 Å². The van der Waals surface area contributed by atoms with Gasteiger partial charge in [-0.3, -0.25) is 9.74 Å². The summed E-state index contributed by atoms with van der Waals surface area (Å²) < 4.78 is 11.1. The largest absolute Gasteiger partial charge is 0.481 e. The van der Waals surface area contributed by atoms with Crippen molar-refractivity contribution in [1.29, 1.82) is 0 Å². The lowest BCUT2D eigenvalue weighted by atomic mass is 10.1. The molecule has 1 N–H and O–H groups in total. The molecule has 0 heterocycles. The minimum atomic E-state index is -0.833. The van der Waals surface area contributed by atoms with Crippen LogP contribution in [0.2, 0.25) is 0 Å². The molecule has 0 saturated carbocycles. The number of rotatable bonds is 6. The summed E-state index contributed by atoms with van der Waals surface area (Å²) in [7, 11) is 0. The Morgan fingerprint density at radius 2 is 1.67 bits per heavy atom. The minimum absolute atomic E-state index is 0.209. The highest BCUT2D eigenvalue weighted by Crippen LogP contribution is 2.05. The Kier molecular flexibility index (Phi) is 14.0. The Labute approximate surface area is 89.3 Å². The van der Waals surface area contributed by atoms with Crippen molar-refractivity contribution < 1.29 is 24.2 Å². The highest BCUT2D eigenvalue weighted by Gasteiger charge is 2.00. The van der Waals surface area contributed by atoms with E-state index in [1.807, 2.05) is 0 Å². The molecule has 0 aromatic heterocycles. The highest BCUT2D eigenvalue weighted by atomic mass is 19.3. The fourth-order valence-electron chi connectivity index (χ4n) is 0.911. The zero-order chi connectivity index (χ0) is 12.1. The molecule has 0 amide bonds. The van der Waals surface area contributed by atoms with Crippen molar-refractivity contribution >= 4 is 11.9 Å². The van der Waals surface area contributed by atoms with Crippen molar-refractivity contribution in [1.82, 2.24) is 0 Å². The lowest BCUT2D eigenvalue weighted by molar-refractivity contribution is -0.183. The van der Waals surface area contributed by atoms with Gasteiger partial charge in [-0.05, 0) is 6.42 Å². The molecule has 0 atom stereocenters. The number of carboxylic acid groups (broad SMARTS) is 1. The maximum absolute atomic E-state index is 11.1. The molecular formula is C10H19FO4. The van der Waals surface area contributed by atoms with Crippen LogP contribution in [0.25, 0.3) is 0 Å². The van der Waals surface area contributed by atoms with Gasteiger partial charge in [0.2, 0.25) is 0 Å². The van der Waals surface area contributed by atoms with E-state index in [1.165, 1.54) is 12.8 Å². The average Bonchev–Trinajstić information content (AvgIpc) is 2.16. The topological polar surface area (TPSA) is 63.6 Å². The number of hydrogen-bond acceptors (Lipinski definition) is 3. The second-order valence-corrected chi connectivity index (χ2v) is 3.13. The summed E-state index contributed by atoms with van der Waals surface area (Å²) in [5, 5.41) is 7.42. The summed E-state index contributed by atoms with van der Waals surface area (Å²) in [6, 6.07) is 0. The van der Waals surface area contributed by atoms with E-state index < -0.39 is 11.9 Å². The normalized spacial score (nSPS) is 8.73. The zero-order valence-electron chi connectivity index (χ0n) is 9.29. The van der Waals surface area contributed by atoms with Gasteiger partial charge in [-0.2, -0.15) is 0 Å². The first-order valence-electron chi connectivity index (χ1n) is 5.05. The molecule has 0 spiro atoms. The second kappa shape index (κ2) is 12.9. The van der Waals surface area contributed by atoms with Crippen LogP contribution >= 0.6 is 0 Å². The quantitative estimate of drug-likeness (QED) is 0.702. The lowest BCUT2D eigenvalue weighted by Gasteiger charge is -1.96.